The van der Waals surface area contributed by atoms with Gasteiger partial charge in [-0.25, -0.2) is 4.79 Å². The maximum Gasteiger partial charge on any atom is 0.321 e. The second-order valence-corrected chi connectivity index (χ2v) is 8.44. The van der Waals surface area contributed by atoms with E-state index in [-0.39, 0.29) is 23.5 Å². The van der Waals surface area contributed by atoms with Crippen molar-refractivity contribution in [3.63, 3.8) is 0 Å². The first-order chi connectivity index (χ1) is 13.5. The van der Waals surface area contributed by atoms with E-state index in [9.17, 15) is 19.2 Å². The lowest BCUT2D eigenvalue weighted by atomic mass is 9.94. The zero-order chi connectivity index (χ0) is 20.4. The third kappa shape index (κ3) is 8.08. The molecule has 4 amide bonds. The van der Waals surface area contributed by atoms with Gasteiger partial charge in [-0.3, -0.25) is 19.7 Å². The molecule has 0 saturated heterocycles. The van der Waals surface area contributed by atoms with Crippen LogP contribution in [0.5, 0.6) is 0 Å². The summed E-state index contributed by atoms with van der Waals surface area (Å²) in [5.74, 6) is -1.04. The molecule has 2 fully saturated rings. The Kier molecular flexibility index (Phi) is 9.60. The zero-order valence-electron chi connectivity index (χ0n) is 16.5. The number of hydrogen-bond acceptors (Lipinski definition) is 6. The van der Waals surface area contributed by atoms with Crippen molar-refractivity contribution in [3.8, 4) is 0 Å². The number of nitrogens with zero attached hydrogens (tertiary/aromatic N) is 1. The number of ether oxygens (including phenoxy) is 1. The molecule has 28 heavy (non-hydrogen) atoms. The maximum absolute atomic E-state index is 12.2. The van der Waals surface area contributed by atoms with Crippen LogP contribution in [0.4, 0.5) is 4.79 Å². The molecule has 0 aromatic rings. The van der Waals surface area contributed by atoms with Gasteiger partial charge in [0.05, 0.1) is 11.5 Å². The van der Waals surface area contributed by atoms with Crippen molar-refractivity contribution in [1.82, 2.24) is 15.5 Å². The van der Waals surface area contributed by atoms with E-state index < -0.39 is 24.5 Å². The molecule has 0 aromatic carbocycles. The Hall–Kier alpha value is -1.77. The summed E-state index contributed by atoms with van der Waals surface area (Å²) in [5.41, 5.74) is 0. The lowest BCUT2D eigenvalue weighted by Crippen LogP contribution is -2.45. The first kappa shape index (κ1) is 22.5. The van der Waals surface area contributed by atoms with Crippen LogP contribution < -0.4 is 10.6 Å². The van der Waals surface area contributed by atoms with Crippen LogP contribution in [0.25, 0.3) is 0 Å². The largest absolute Gasteiger partial charge is 0.455 e. The average molecular weight is 414 g/mol. The van der Waals surface area contributed by atoms with E-state index >= 15 is 0 Å². The van der Waals surface area contributed by atoms with Crippen molar-refractivity contribution in [1.29, 1.82) is 0 Å². The molecule has 2 saturated carbocycles. The summed E-state index contributed by atoms with van der Waals surface area (Å²) in [6, 6.07) is -0.150. The number of amides is 4. The predicted molar refractivity (Wildman–Crippen MR) is 107 cm³/mol. The fourth-order valence-corrected chi connectivity index (χ4v) is 4.37. The summed E-state index contributed by atoms with van der Waals surface area (Å²) < 4.78 is 4.86. The molecule has 2 N–H and O–H groups in total. The van der Waals surface area contributed by atoms with Crippen LogP contribution in [0.3, 0.4) is 0 Å². The van der Waals surface area contributed by atoms with Gasteiger partial charge in [-0.05, 0) is 25.7 Å². The molecule has 0 atom stereocenters. The highest BCUT2D eigenvalue weighted by Crippen LogP contribution is 2.22. The second kappa shape index (κ2) is 11.9. The number of hydrogen-bond donors (Lipinski definition) is 2. The zero-order valence-corrected chi connectivity index (χ0v) is 17.4. The van der Waals surface area contributed by atoms with Crippen LogP contribution in [0.1, 0.15) is 57.8 Å². The highest BCUT2D eigenvalue weighted by Gasteiger charge is 2.22. The van der Waals surface area contributed by atoms with Crippen molar-refractivity contribution in [2.45, 2.75) is 69.9 Å². The summed E-state index contributed by atoms with van der Waals surface area (Å²) in [6.45, 7) is -0.507. The number of carbonyl (C=O) groups is 4. The first-order valence-corrected chi connectivity index (χ1v) is 11.2. The van der Waals surface area contributed by atoms with Gasteiger partial charge in [-0.1, -0.05) is 32.1 Å². The number of esters is 1. The van der Waals surface area contributed by atoms with Crippen LogP contribution in [0.2, 0.25) is 0 Å². The SMILES string of the molecule is CN(C(=O)CSCC(=O)OCC(=O)NC(=O)NC1CCCC1)C1CCCCC1. The highest BCUT2D eigenvalue weighted by atomic mass is 32.2. The Bertz CT molecular complexity index is 560. The number of urea groups is 1. The van der Waals surface area contributed by atoms with Crippen LogP contribution in [-0.4, -0.2) is 66.0 Å². The van der Waals surface area contributed by atoms with Crippen molar-refractivity contribution in [3.05, 3.63) is 0 Å². The van der Waals surface area contributed by atoms with Gasteiger partial charge in [0.15, 0.2) is 6.61 Å². The summed E-state index contributed by atoms with van der Waals surface area (Å²) in [4.78, 5) is 49.0. The lowest BCUT2D eigenvalue weighted by molar-refractivity contribution is -0.145. The molecular weight excluding hydrogens is 382 g/mol. The molecule has 0 aliphatic heterocycles. The molecule has 8 nitrogen and oxygen atoms in total. The standard InChI is InChI=1S/C19H31N3O5S/c1-22(15-9-3-2-4-10-15)17(24)12-28-13-18(25)27-11-16(23)21-19(26)20-14-7-5-6-8-14/h14-15H,2-13H2,1H3,(H2,20,21,23,26). The fraction of sp³-hybridized carbons (Fsp3) is 0.789. The summed E-state index contributed by atoms with van der Waals surface area (Å²) in [5, 5.41) is 4.88. The summed E-state index contributed by atoms with van der Waals surface area (Å²) in [6.07, 6.45) is 9.61. The smallest absolute Gasteiger partial charge is 0.321 e. The molecule has 0 spiro atoms. The topological polar surface area (TPSA) is 105 Å². The number of nitrogens with one attached hydrogen (secondary N) is 2. The van der Waals surface area contributed by atoms with Gasteiger partial charge in [0, 0.05) is 19.1 Å². The van der Waals surface area contributed by atoms with Gasteiger partial charge < -0.3 is 15.0 Å². The van der Waals surface area contributed by atoms with E-state index in [1.165, 1.54) is 18.2 Å². The number of imide groups is 1. The Morgan fingerprint density at radius 3 is 2.29 bits per heavy atom. The molecule has 0 radical (unpaired) electrons. The minimum absolute atomic E-state index is 0.00558. The van der Waals surface area contributed by atoms with Crippen molar-refractivity contribution in [2.24, 2.45) is 0 Å². The Balaban J connectivity index is 1.54. The third-order valence-corrected chi connectivity index (χ3v) is 6.16. The number of carbonyl (C=O) groups excluding carboxylic acids is 4. The maximum atomic E-state index is 12.2. The van der Waals surface area contributed by atoms with Gasteiger partial charge in [0.2, 0.25) is 5.91 Å². The Labute approximate surface area is 170 Å². The third-order valence-electron chi connectivity index (χ3n) is 5.27. The lowest BCUT2D eigenvalue weighted by Gasteiger charge is -2.31. The Morgan fingerprint density at radius 1 is 0.964 bits per heavy atom. The molecule has 2 aliphatic rings. The molecule has 2 rings (SSSR count). The molecule has 0 unspecified atom stereocenters. The number of rotatable bonds is 8. The van der Waals surface area contributed by atoms with Gasteiger partial charge in [-0.2, -0.15) is 0 Å². The average Bonchev–Trinajstić information content (AvgIpc) is 3.19. The van der Waals surface area contributed by atoms with Crippen molar-refractivity contribution in [2.75, 3.05) is 25.2 Å². The quantitative estimate of drug-likeness (QED) is 0.588. The molecular formula is C19H31N3O5S. The van der Waals surface area contributed by atoms with Crippen LogP contribution >= 0.6 is 11.8 Å². The van der Waals surface area contributed by atoms with Crippen LogP contribution in [0, 0.1) is 0 Å². The molecule has 158 valence electrons. The highest BCUT2D eigenvalue weighted by molar-refractivity contribution is 8.00. The molecule has 0 aromatic heterocycles. The van der Waals surface area contributed by atoms with E-state index in [1.54, 1.807) is 4.90 Å². The first-order valence-electron chi connectivity index (χ1n) is 10.0. The van der Waals surface area contributed by atoms with Gasteiger partial charge >= 0.3 is 12.0 Å². The molecule has 0 bridgehead atoms. The van der Waals surface area contributed by atoms with E-state index in [0.717, 1.165) is 51.4 Å². The van der Waals surface area contributed by atoms with E-state index in [0.29, 0.717) is 6.04 Å². The van der Waals surface area contributed by atoms with Crippen LogP contribution in [-0.2, 0) is 19.1 Å². The van der Waals surface area contributed by atoms with Crippen molar-refractivity contribution >= 4 is 35.6 Å². The molecule has 9 heteroatoms. The van der Waals surface area contributed by atoms with E-state index in [1.807, 2.05) is 7.05 Å². The normalized spacial score (nSPS) is 17.8. The fourth-order valence-electron chi connectivity index (χ4n) is 3.64. The number of thioether (sulfide) groups is 1. The molecule has 0 heterocycles. The minimum Gasteiger partial charge on any atom is -0.455 e. The minimum atomic E-state index is -0.665. The molecule has 2 aliphatic carbocycles. The van der Waals surface area contributed by atoms with Crippen LogP contribution in [0.15, 0.2) is 0 Å². The van der Waals surface area contributed by atoms with Gasteiger partial charge in [-0.15, -0.1) is 11.8 Å². The summed E-state index contributed by atoms with van der Waals surface area (Å²) >= 11 is 1.17. The monoisotopic (exact) mass is 413 g/mol. The second-order valence-electron chi connectivity index (χ2n) is 7.45. The summed E-state index contributed by atoms with van der Waals surface area (Å²) in [7, 11) is 1.82. The van der Waals surface area contributed by atoms with E-state index in [2.05, 4.69) is 10.6 Å². The van der Waals surface area contributed by atoms with E-state index in [4.69, 9.17) is 4.74 Å². The van der Waals surface area contributed by atoms with Gasteiger partial charge in [0.25, 0.3) is 5.91 Å². The Morgan fingerprint density at radius 2 is 1.61 bits per heavy atom. The predicted octanol–water partition coefficient (Wildman–Crippen LogP) is 1.82. The van der Waals surface area contributed by atoms with Crippen molar-refractivity contribution < 1.29 is 23.9 Å². The van der Waals surface area contributed by atoms with Gasteiger partial charge in [0.1, 0.15) is 0 Å².